The quantitative estimate of drug-likeness (QED) is 0.466. The summed E-state index contributed by atoms with van der Waals surface area (Å²) in [6.45, 7) is 4.00. The minimum absolute atomic E-state index is 0.197. The van der Waals surface area contributed by atoms with Crippen LogP contribution in [0.25, 0.3) is 0 Å². The van der Waals surface area contributed by atoms with Gasteiger partial charge in [-0.3, -0.25) is 4.18 Å². The van der Waals surface area contributed by atoms with Crippen LogP contribution in [-0.2, 0) is 14.3 Å². The van der Waals surface area contributed by atoms with Crippen molar-refractivity contribution in [1.82, 2.24) is 0 Å². The molecular weight excluding hydrogens is 200 g/mol. The molecule has 0 aliphatic rings. The molecule has 84 valence electrons. The lowest BCUT2D eigenvalue weighted by Gasteiger charge is -1.96. The Bertz CT molecular complexity index is 242. The molecule has 14 heavy (non-hydrogen) atoms. The Hall–Kier alpha value is -0.350. The molecule has 0 heterocycles. The van der Waals surface area contributed by atoms with E-state index < -0.39 is 10.1 Å². The van der Waals surface area contributed by atoms with Gasteiger partial charge in [-0.15, -0.1) is 0 Å². The van der Waals surface area contributed by atoms with Crippen molar-refractivity contribution in [1.29, 1.82) is 0 Å². The molecule has 0 aromatic rings. The highest BCUT2D eigenvalue weighted by molar-refractivity contribution is 7.89. The van der Waals surface area contributed by atoms with E-state index in [-0.39, 0.29) is 6.61 Å². The first-order valence-electron chi connectivity index (χ1n) is 5.18. The number of rotatable bonds is 8. The topological polar surface area (TPSA) is 43.4 Å². The molecule has 0 saturated heterocycles. The fourth-order valence-corrected chi connectivity index (χ4v) is 1.86. The second kappa shape index (κ2) is 8.00. The molecule has 0 radical (unpaired) electrons. The molecule has 0 aliphatic heterocycles. The molecular formula is C10H20O3S. The van der Waals surface area contributed by atoms with E-state index in [0.717, 1.165) is 24.7 Å². The number of unbranched alkanes of at least 4 members (excludes halogenated alkanes) is 4. The van der Waals surface area contributed by atoms with E-state index >= 15 is 0 Å². The van der Waals surface area contributed by atoms with Gasteiger partial charge >= 0.3 is 0 Å². The molecule has 0 saturated carbocycles. The monoisotopic (exact) mass is 220 g/mol. The summed E-state index contributed by atoms with van der Waals surface area (Å²) >= 11 is 0. The summed E-state index contributed by atoms with van der Waals surface area (Å²) in [7, 11) is -3.40. The fourth-order valence-electron chi connectivity index (χ4n) is 1.08. The van der Waals surface area contributed by atoms with Crippen molar-refractivity contribution in [3.8, 4) is 0 Å². The summed E-state index contributed by atoms with van der Waals surface area (Å²) in [5.41, 5.74) is 0. The van der Waals surface area contributed by atoms with Gasteiger partial charge in [-0.1, -0.05) is 32.3 Å². The highest BCUT2D eigenvalue weighted by atomic mass is 32.2. The van der Waals surface area contributed by atoms with Crippen molar-refractivity contribution in [3.63, 3.8) is 0 Å². The Morgan fingerprint density at radius 3 is 2.43 bits per heavy atom. The van der Waals surface area contributed by atoms with Crippen molar-refractivity contribution in [2.24, 2.45) is 0 Å². The van der Waals surface area contributed by atoms with Gasteiger partial charge in [0, 0.05) is 0 Å². The number of allylic oxidation sites excluding steroid dienone is 1. The molecule has 0 aromatic heterocycles. The Balaban J connectivity index is 3.61. The van der Waals surface area contributed by atoms with Crippen LogP contribution < -0.4 is 0 Å². The molecule has 0 fully saturated rings. The third-order valence-corrected chi connectivity index (χ3v) is 2.86. The van der Waals surface area contributed by atoms with Crippen molar-refractivity contribution >= 4 is 10.1 Å². The third kappa shape index (κ3) is 8.26. The summed E-state index contributed by atoms with van der Waals surface area (Å²) in [6, 6.07) is 0. The first-order valence-corrected chi connectivity index (χ1v) is 6.65. The van der Waals surface area contributed by atoms with Crippen LogP contribution in [0.15, 0.2) is 11.5 Å². The smallest absolute Gasteiger partial charge is 0.267 e. The van der Waals surface area contributed by atoms with Crippen LogP contribution in [0, 0.1) is 0 Å². The van der Waals surface area contributed by atoms with E-state index in [4.69, 9.17) is 0 Å². The number of hydrogen-bond donors (Lipinski definition) is 0. The zero-order valence-electron chi connectivity index (χ0n) is 9.03. The molecule has 0 unspecified atom stereocenters. The van der Waals surface area contributed by atoms with E-state index in [9.17, 15) is 8.42 Å². The zero-order valence-corrected chi connectivity index (χ0v) is 9.85. The van der Waals surface area contributed by atoms with Crippen LogP contribution in [0.3, 0.4) is 0 Å². The highest BCUT2D eigenvalue weighted by Crippen LogP contribution is 2.04. The van der Waals surface area contributed by atoms with Crippen LogP contribution in [0.2, 0.25) is 0 Å². The average Bonchev–Trinajstić information content (AvgIpc) is 2.11. The Labute approximate surface area is 87.3 Å². The molecule has 0 aliphatic carbocycles. The second-order valence-corrected chi connectivity index (χ2v) is 4.61. The summed E-state index contributed by atoms with van der Waals surface area (Å²) in [4.78, 5) is 0. The third-order valence-electron chi connectivity index (χ3n) is 1.77. The lowest BCUT2D eigenvalue weighted by Crippen LogP contribution is -2.00. The molecule has 4 heteroatoms. The lowest BCUT2D eigenvalue weighted by atomic mass is 10.2. The van der Waals surface area contributed by atoms with Gasteiger partial charge in [0.15, 0.2) is 0 Å². The average molecular weight is 220 g/mol. The largest absolute Gasteiger partial charge is 0.289 e. The molecule has 0 N–H and O–H groups in total. The van der Waals surface area contributed by atoms with Crippen molar-refractivity contribution in [3.05, 3.63) is 11.5 Å². The maximum atomic E-state index is 11.0. The Kier molecular flexibility index (Phi) is 7.80. The molecule has 0 aromatic carbocycles. The predicted molar refractivity (Wildman–Crippen MR) is 58.4 cm³/mol. The van der Waals surface area contributed by atoms with E-state index in [2.05, 4.69) is 11.1 Å². The Morgan fingerprint density at radius 1 is 1.14 bits per heavy atom. The van der Waals surface area contributed by atoms with Crippen LogP contribution in [0.1, 0.15) is 46.0 Å². The summed E-state index contributed by atoms with van der Waals surface area (Å²) in [6.07, 6.45) is 7.10. The van der Waals surface area contributed by atoms with E-state index in [0.29, 0.717) is 0 Å². The van der Waals surface area contributed by atoms with Crippen LogP contribution in [0.4, 0.5) is 0 Å². The van der Waals surface area contributed by atoms with Gasteiger partial charge in [0.05, 0.1) is 12.0 Å². The normalized spacial score (nSPS) is 12.4. The molecule has 0 atom stereocenters. The van der Waals surface area contributed by atoms with Gasteiger partial charge in [-0.25, -0.2) is 0 Å². The molecule has 3 nitrogen and oxygen atoms in total. The minimum atomic E-state index is -3.40. The molecule has 0 rings (SSSR count). The Morgan fingerprint density at radius 2 is 1.86 bits per heavy atom. The predicted octanol–water partition coefficient (Wildman–Crippen LogP) is 2.84. The first-order chi connectivity index (χ1) is 6.62. The van der Waals surface area contributed by atoms with Crippen LogP contribution >= 0.6 is 0 Å². The standard InChI is InChI=1S/C10H20O3S/c1-3-5-6-7-8-9-10-14(11,12)13-4-2/h9-10H,3-8H2,1-2H3/b10-9+. The van der Waals surface area contributed by atoms with Crippen molar-refractivity contribution < 1.29 is 12.6 Å². The second-order valence-electron chi connectivity index (χ2n) is 3.12. The fraction of sp³-hybridized carbons (Fsp3) is 0.800. The molecule has 0 bridgehead atoms. The van der Waals surface area contributed by atoms with Gasteiger partial charge < -0.3 is 0 Å². The molecule has 0 spiro atoms. The maximum Gasteiger partial charge on any atom is 0.289 e. The van der Waals surface area contributed by atoms with Gasteiger partial charge in [-0.05, 0) is 19.8 Å². The van der Waals surface area contributed by atoms with E-state index in [1.165, 1.54) is 12.8 Å². The van der Waals surface area contributed by atoms with Crippen LogP contribution in [-0.4, -0.2) is 15.0 Å². The zero-order chi connectivity index (χ0) is 10.9. The van der Waals surface area contributed by atoms with Gasteiger partial charge in [0.25, 0.3) is 10.1 Å². The highest BCUT2D eigenvalue weighted by Gasteiger charge is 2.01. The van der Waals surface area contributed by atoms with Gasteiger partial charge in [-0.2, -0.15) is 8.42 Å². The number of hydrogen-bond acceptors (Lipinski definition) is 3. The van der Waals surface area contributed by atoms with Crippen molar-refractivity contribution in [2.45, 2.75) is 46.0 Å². The maximum absolute atomic E-state index is 11.0. The summed E-state index contributed by atoms with van der Waals surface area (Å²) in [5.74, 6) is 0. The summed E-state index contributed by atoms with van der Waals surface area (Å²) < 4.78 is 26.6. The van der Waals surface area contributed by atoms with E-state index in [1.807, 2.05) is 0 Å². The summed E-state index contributed by atoms with van der Waals surface area (Å²) in [5, 5.41) is 1.16. The van der Waals surface area contributed by atoms with Crippen LogP contribution in [0.5, 0.6) is 0 Å². The minimum Gasteiger partial charge on any atom is -0.267 e. The van der Waals surface area contributed by atoms with E-state index in [1.54, 1.807) is 13.0 Å². The van der Waals surface area contributed by atoms with Crippen molar-refractivity contribution in [2.75, 3.05) is 6.61 Å². The lowest BCUT2D eigenvalue weighted by molar-refractivity contribution is 0.344. The first kappa shape index (κ1) is 13.7. The van der Waals surface area contributed by atoms with Gasteiger partial charge in [0.1, 0.15) is 0 Å². The SMILES string of the molecule is CCCCCC/C=C/S(=O)(=O)OCC. The molecule has 0 amide bonds. The van der Waals surface area contributed by atoms with Gasteiger partial charge in [0.2, 0.25) is 0 Å².